The first-order valence-corrected chi connectivity index (χ1v) is 9.48. The molecule has 0 unspecified atom stereocenters. The zero-order valence-electron chi connectivity index (χ0n) is 16.4. The number of H-pyrrole nitrogens is 1. The van der Waals surface area contributed by atoms with Gasteiger partial charge in [-0.3, -0.25) is 14.7 Å². The molecule has 0 saturated heterocycles. The Bertz CT molecular complexity index is 1300. The number of ether oxygens (including phenoxy) is 2. The summed E-state index contributed by atoms with van der Waals surface area (Å²) in [4.78, 5) is 26.3. The maximum Gasteiger partial charge on any atom is 0.239 e. The summed E-state index contributed by atoms with van der Waals surface area (Å²) in [5.74, 6) is -1.65. The highest BCUT2D eigenvalue weighted by molar-refractivity contribution is 6.31. The summed E-state index contributed by atoms with van der Waals surface area (Å²) >= 11 is 0. The molecule has 4 aromatic rings. The van der Waals surface area contributed by atoms with E-state index < -0.39 is 5.79 Å². The summed E-state index contributed by atoms with van der Waals surface area (Å²) in [7, 11) is 3.10. The molecule has 6 heteroatoms. The lowest BCUT2D eigenvalue weighted by molar-refractivity contribution is -0.185. The van der Waals surface area contributed by atoms with Gasteiger partial charge in [-0.05, 0) is 12.1 Å². The van der Waals surface area contributed by atoms with Crippen molar-refractivity contribution in [3.05, 3.63) is 100 Å². The van der Waals surface area contributed by atoms with Gasteiger partial charge in [0.25, 0.3) is 0 Å². The molecular weight excluding hydrogens is 380 g/mol. The maximum atomic E-state index is 13.3. The van der Waals surface area contributed by atoms with Gasteiger partial charge in [-0.1, -0.05) is 54.6 Å². The third-order valence-electron chi connectivity index (χ3n) is 5.67. The molecule has 0 amide bonds. The van der Waals surface area contributed by atoms with Crippen LogP contribution in [0.25, 0.3) is 10.9 Å². The van der Waals surface area contributed by atoms with Crippen LogP contribution in [-0.4, -0.2) is 36.0 Å². The van der Waals surface area contributed by atoms with E-state index in [-0.39, 0.29) is 11.6 Å². The van der Waals surface area contributed by atoms with Crippen LogP contribution in [0.4, 0.5) is 0 Å². The van der Waals surface area contributed by atoms with Crippen LogP contribution in [0, 0.1) is 0 Å². The van der Waals surface area contributed by atoms with Crippen molar-refractivity contribution in [2.24, 2.45) is 0 Å². The number of rotatable bonds is 4. The molecular formula is C24H18N2O4. The molecule has 1 aromatic heterocycles. The normalized spacial score (nSPS) is 13.4. The molecule has 1 aliphatic carbocycles. The Kier molecular flexibility index (Phi) is 4.13. The number of aromatic amines is 1. The highest BCUT2D eigenvalue weighted by Gasteiger charge is 2.40. The van der Waals surface area contributed by atoms with Gasteiger partial charge >= 0.3 is 0 Å². The molecule has 0 bridgehead atoms. The number of methoxy groups -OCH3 is 2. The van der Waals surface area contributed by atoms with Gasteiger partial charge in [0.2, 0.25) is 5.79 Å². The van der Waals surface area contributed by atoms with Crippen LogP contribution in [0.15, 0.2) is 66.7 Å². The fraction of sp³-hybridized carbons (Fsp3) is 0.125. The van der Waals surface area contributed by atoms with E-state index in [0.29, 0.717) is 38.9 Å². The second kappa shape index (κ2) is 6.73. The zero-order valence-corrected chi connectivity index (χ0v) is 16.4. The van der Waals surface area contributed by atoms with Crippen molar-refractivity contribution in [2.75, 3.05) is 14.2 Å². The van der Waals surface area contributed by atoms with Crippen LogP contribution in [0.2, 0.25) is 0 Å². The second-order valence-corrected chi connectivity index (χ2v) is 7.08. The largest absolute Gasteiger partial charge is 0.344 e. The maximum absolute atomic E-state index is 13.3. The predicted octanol–water partition coefficient (Wildman–Crippen LogP) is 3.83. The standard InChI is InChI=1S/C24H18N2O4/c1-29-24(30-2,14-8-4-3-5-9-14)23-18-13-12-17-19(20(18)25-26-23)22(28)16-11-7-6-10-15(16)21(17)27/h3-13H,1-2H3,(H,25,26). The van der Waals surface area contributed by atoms with Crippen LogP contribution in [0.3, 0.4) is 0 Å². The van der Waals surface area contributed by atoms with E-state index in [1.165, 1.54) is 0 Å². The van der Waals surface area contributed by atoms with Gasteiger partial charge in [-0.25, -0.2) is 0 Å². The van der Waals surface area contributed by atoms with Crippen LogP contribution < -0.4 is 0 Å². The highest BCUT2D eigenvalue weighted by Crippen LogP contribution is 2.39. The molecule has 30 heavy (non-hydrogen) atoms. The molecule has 148 valence electrons. The lowest BCUT2D eigenvalue weighted by Crippen LogP contribution is -2.33. The summed E-state index contributed by atoms with van der Waals surface area (Å²) in [6.07, 6.45) is 0. The van der Waals surface area contributed by atoms with Gasteiger partial charge in [-0.2, -0.15) is 5.10 Å². The van der Waals surface area contributed by atoms with Crippen molar-refractivity contribution >= 4 is 22.5 Å². The summed E-state index contributed by atoms with van der Waals surface area (Å²) < 4.78 is 11.7. The van der Waals surface area contributed by atoms with Crippen molar-refractivity contribution in [2.45, 2.75) is 5.79 Å². The van der Waals surface area contributed by atoms with Crippen molar-refractivity contribution in [1.29, 1.82) is 0 Å². The van der Waals surface area contributed by atoms with Gasteiger partial charge in [0.15, 0.2) is 11.6 Å². The summed E-state index contributed by atoms with van der Waals surface area (Å²) in [6, 6.07) is 19.8. The monoisotopic (exact) mass is 398 g/mol. The van der Waals surface area contributed by atoms with Crippen LogP contribution in [-0.2, 0) is 15.3 Å². The molecule has 3 aromatic carbocycles. The Hall–Kier alpha value is -3.61. The van der Waals surface area contributed by atoms with E-state index in [1.54, 1.807) is 50.6 Å². The summed E-state index contributed by atoms with van der Waals surface area (Å²) in [6.45, 7) is 0. The quantitative estimate of drug-likeness (QED) is 0.465. The SMILES string of the molecule is COC(OC)(c1ccccc1)c1[nH]nc2c3c(ccc12)C(=O)c1ccccc1C3=O. The third kappa shape index (κ3) is 2.35. The zero-order chi connectivity index (χ0) is 20.9. The molecule has 1 heterocycles. The number of benzene rings is 3. The molecule has 0 spiro atoms. The van der Waals surface area contributed by atoms with Crippen LogP contribution in [0.1, 0.15) is 43.1 Å². The average molecular weight is 398 g/mol. The second-order valence-electron chi connectivity index (χ2n) is 7.08. The van der Waals surface area contributed by atoms with Gasteiger partial charge in [-0.15, -0.1) is 0 Å². The van der Waals surface area contributed by atoms with Crippen molar-refractivity contribution in [1.82, 2.24) is 10.2 Å². The highest BCUT2D eigenvalue weighted by atomic mass is 16.7. The van der Waals surface area contributed by atoms with E-state index in [1.807, 2.05) is 30.3 Å². The van der Waals surface area contributed by atoms with E-state index in [4.69, 9.17) is 9.47 Å². The predicted molar refractivity (Wildman–Crippen MR) is 111 cm³/mol. The molecule has 0 aliphatic heterocycles. The minimum absolute atomic E-state index is 0.181. The molecule has 1 aliphatic rings. The first-order valence-electron chi connectivity index (χ1n) is 9.48. The number of carbonyl (C=O) groups is 2. The molecule has 0 fully saturated rings. The number of nitrogens with zero attached hydrogens (tertiary/aromatic N) is 1. The fourth-order valence-electron chi connectivity index (χ4n) is 4.23. The van der Waals surface area contributed by atoms with Gasteiger partial charge in [0.1, 0.15) is 11.2 Å². The Morgan fingerprint density at radius 2 is 1.40 bits per heavy atom. The molecule has 1 N–H and O–H groups in total. The van der Waals surface area contributed by atoms with Crippen molar-refractivity contribution in [3.63, 3.8) is 0 Å². The van der Waals surface area contributed by atoms with Gasteiger partial charge in [0, 0.05) is 41.9 Å². The number of ketones is 2. The topological polar surface area (TPSA) is 81.3 Å². The number of aromatic nitrogens is 2. The number of hydrogen-bond donors (Lipinski definition) is 1. The van der Waals surface area contributed by atoms with Crippen LogP contribution >= 0.6 is 0 Å². The number of carbonyl (C=O) groups excluding carboxylic acids is 2. The number of nitrogens with one attached hydrogen (secondary N) is 1. The molecule has 5 rings (SSSR count). The minimum Gasteiger partial charge on any atom is -0.344 e. The molecule has 0 saturated carbocycles. The van der Waals surface area contributed by atoms with E-state index in [9.17, 15) is 9.59 Å². The molecule has 6 nitrogen and oxygen atoms in total. The number of hydrogen-bond acceptors (Lipinski definition) is 5. The van der Waals surface area contributed by atoms with Crippen LogP contribution in [0.5, 0.6) is 0 Å². The Labute approximate surface area is 172 Å². The van der Waals surface area contributed by atoms with E-state index >= 15 is 0 Å². The third-order valence-corrected chi connectivity index (χ3v) is 5.67. The Morgan fingerprint density at radius 1 is 0.767 bits per heavy atom. The van der Waals surface area contributed by atoms with E-state index in [2.05, 4.69) is 10.2 Å². The smallest absolute Gasteiger partial charge is 0.239 e. The molecule has 0 radical (unpaired) electrons. The van der Waals surface area contributed by atoms with Crippen molar-refractivity contribution < 1.29 is 19.1 Å². The minimum atomic E-state index is -1.25. The van der Waals surface area contributed by atoms with Gasteiger partial charge in [0.05, 0.1) is 5.56 Å². The number of fused-ring (bicyclic) bond motifs is 4. The molecule has 0 atom stereocenters. The lowest BCUT2D eigenvalue weighted by atomic mass is 9.82. The van der Waals surface area contributed by atoms with E-state index in [0.717, 1.165) is 5.56 Å². The first-order chi connectivity index (χ1) is 14.6. The Morgan fingerprint density at radius 3 is 2.07 bits per heavy atom. The van der Waals surface area contributed by atoms with Gasteiger partial charge < -0.3 is 9.47 Å². The van der Waals surface area contributed by atoms with Crippen molar-refractivity contribution in [3.8, 4) is 0 Å². The fourth-order valence-corrected chi connectivity index (χ4v) is 4.23. The summed E-state index contributed by atoms with van der Waals surface area (Å²) in [5.41, 5.74) is 3.20. The lowest BCUT2D eigenvalue weighted by Gasteiger charge is -2.30. The first kappa shape index (κ1) is 18.4. The Balaban J connectivity index is 1.77. The average Bonchev–Trinajstić information content (AvgIpc) is 3.24. The summed E-state index contributed by atoms with van der Waals surface area (Å²) in [5, 5.41) is 8.07.